The molecule has 0 unspecified atom stereocenters. The van der Waals surface area contributed by atoms with Crippen molar-refractivity contribution in [1.29, 1.82) is 0 Å². The molecule has 70 valence electrons. The Morgan fingerprint density at radius 3 is 2.38 bits per heavy atom. The summed E-state index contributed by atoms with van der Waals surface area (Å²) in [5.41, 5.74) is 5.66. The van der Waals surface area contributed by atoms with Gasteiger partial charge in [-0.05, 0) is 18.9 Å². The molecular formula is C9H10FNO2. The molecule has 1 fully saturated rings. The van der Waals surface area contributed by atoms with Gasteiger partial charge in [0, 0.05) is 17.2 Å². The quantitative estimate of drug-likeness (QED) is 0.573. The van der Waals surface area contributed by atoms with Crippen LogP contribution in [0.4, 0.5) is 4.39 Å². The van der Waals surface area contributed by atoms with Gasteiger partial charge in [0.2, 0.25) is 0 Å². The first kappa shape index (κ1) is 8.31. The van der Waals surface area contributed by atoms with E-state index in [9.17, 15) is 9.50 Å². The fraction of sp³-hybridized carbons (Fsp3) is 0.333. The topological polar surface area (TPSA) is 66.5 Å². The number of benzene rings is 1. The Kier molecular flexibility index (Phi) is 1.51. The monoisotopic (exact) mass is 183 g/mol. The van der Waals surface area contributed by atoms with Gasteiger partial charge in [0.25, 0.3) is 0 Å². The van der Waals surface area contributed by atoms with E-state index in [2.05, 4.69) is 0 Å². The second kappa shape index (κ2) is 2.35. The Bertz CT molecular complexity index is 361. The molecule has 0 radical (unpaired) electrons. The maximum Gasteiger partial charge on any atom is 0.168 e. The Morgan fingerprint density at radius 1 is 1.23 bits per heavy atom. The maximum atomic E-state index is 12.7. The first-order valence-electron chi connectivity index (χ1n) is 4.04. The van der Waals surface area contributed by atoms with Gasteiger partial charge in [-0.15, -0.1) is 0 Å². The standard InChI is InChI=1S/C9H10FNO2/c10-6-4-7(12)5(3-8(6)13)9(11)1-2-9/h3-4,12-13H,1-2,11H2. The molecule has 0 spiro atoms. The third-order valence-corrected chi connectivity index (χ3v) is 2.39. The Labute approximate surface area is 74.6 Å². The second-order valence-electron chi connectivity index (χ2n) is 3.48. The summed E-state index contributed by atoms with van der Waals surface area (Å²) in [5, 5.41) is 18.4. The number of hydrogen-bond donors (Lipinski definition) is 3. The van der Waals surface area contributed by atoms with E-state index in [0.717, 1.165) is 18.9 Å². The van der Waals surface area contributed by atoms with Crippen LogP contribution >= 0.6 is 0 Å². The molecule has 0 atom stereocenters. The summed E-state index contributed by atoms with van der Waals surface area (Å²) < 4.78 is 12.7. The van der Waals surface area contributed by atoms with Crippen LogP contribution in [0.2, 0.25) is 0 Å². The van der Waals surface area contributed by atoms with Crippen LogP contribution in [-0.4, -0.2) is 10.2 Å². The zero-order chi connectivity index (χ0) is 9.64. The third kappa shape index (κ3) is 1.23. The van der Waals surface area contributed by atoms with Gasteiger partial charge < -0.3 is 15.9 Å². The normalized spacial score (nSPS) is 18.6. The molecule has 0 bridgehead atoms. The van der Waals surface area contributed by atoms with E-state index in [4.69, 9.17) is 10.8 Å². The van der Waals surface area contributed by atoms with Crippen molar-refractivity contribution in [1.82, 2.24) is 0 Å². The van der Waals surface area contributed by atoms with Gasteiger partial charge >= 0.3 is 0 Å². The zero-order valence-corrected chi connectivity index (χ0v) is 6.92. The molecular weight excluding hydrogens is 173 g/mol. The van der Waals surface area contributed by atoms with Crippen molar-refractivity contribution in [3.05, 3.63) is 23.5 Å². The molecule has 4 N–H and O–H groups in total. The fourth-order valence-corrected chi connectivity index (χ4v) is 1.35. The first-order chi connectivity index (χ1) is 6.03. The summed E-state index contributed by atoms with van der Waals surface area (Å²) in [5.74, 6) is -1.48. The molecule has 4 heteroatoms. The summed E-state index contributed by atoms with van der Waals surface area (Å²) in [7, 11) is 0. The predicted molar refractivity (Wildman–Crippen MR) is 44.8 cm³/mol. The fourth-order valence-electron chi connectivity index (χ4n) is 1.35. The number of nitrogens with two attached hydrogens (primary N) is 1. The molecule has 0 heterocycles. The summed E-state index contributed by atoms with van der Waals surface area (Å²) in [4.78, 5) is 0. The lowest BCUT2D eigenvalue weighted by molar-refractivity contribution is 0.414. The van der Waals surface area contributed by atoms with E-state index in [1.165, 1.54) is 6.07 Å². The number of phenolic OH excluding ortho intramolecular Hbond substituents is 2. The van der Waals surface area contributed by atoms with Crippen LogP contribution in [-0.2, 0) is 5.54 Å². The maximum absolute atomic E-state index is 12.7. The summed E-state index contributed by atoms with van der Waals surface area (Å²) in [6, 6.07) is 2.08. The van der Waals surface area contributed by atoms with E-state index >= 15 is 0 Å². The minimum absolute atomic E-state index is 0.185. The summed E-state index contributed by atoms with van der Waals surface area (Å²) in [6.45, 7) is 0. The molecule has 1 aliphatic rings. The Hall–Kier alpha value is -1.29. The highest BCUT2D eigenvalue weighted by molar-refractivity contribution is 5.46. The molecule has 2 rings (SSSR count). The molecule has 1 saturated carbocycles. The van der Waals surface area contributed by atoms with Gasteiger partial charge in [0.15, 0.2) is 11.6 Å². The molecule has 0 amide bonds. The lowest BCUT2D eigenvalue weighted by Gasteiger charge is -2.11. The highest BCUT2D eigenvalue weighted by Gasteiger charge is 2.42. The molecule has 0 aromatic heterocycles. The summed E-state index contributed by atoms with van der Waals surface area (Å²) in [6.07, 6.45) is 1.51. The molecule has 1 aliphatic carbocycles. The van der Waals surface area contributed by atoms with Crippen LogP contribution in [0.15, 0.2) is 12.1 Å². The van der Waals surface area contributed by atoms with Crippen LogP contribution in [0.5, 0.6) is 11.5 Å². The van der Waals surface area contributed by atoms with Gasteiger partial charge in [-0.25, -0.2) is 4.39 Å². The molecule has 13 heavy (non-hydrogen) atoms. The Morgan fingerprint density at radius 2 is 1.85 bits per heavy atom. The minimum Gasteiger partial charge on any atom is -0.507 e. The highest BCUT2D eigenvalue weighted by Crippen LogP contribution is 2.47. The smallest absolute Gasteiger partial charge is 0.168 e. The molecule has 0 saturated heterocycles. The van der Waals surface area contributed by atoms with Crippen LogP contribution in [0.25, 0.3) is 0 Å². The van der Waals surface area contributed by atoms with Crippen LogP contribution < -0.4 is 5.73 Å². The summed E-state index contributed by atoms with van der Waals surface area (Å²) >= 11 is 0. The SMILES string of the molecule is NC1(c2cc(O)c(F)cc2O)CC1. The minimum atomic E-state index is -0.828. The van der Waals surface area contributed by atoms with Crippen molar-refractivity contribution >= 4 is 0 Å². The van der Waals surface area contributed by atoms with Crippen molar-refractivity contribution in [2.24, 2.45) is 5.73 Å². The van der Waals surface area contributed by atoms with Crippen molar-refractivity contribution in [3.8, 4) is 11.5 Å². The van der Waals surface area contributed by atoms with E-state index in [1.54, 1.807) is 0 Å². The molecule has 1 aromatic carbocycles. The third-order valence-electron chi connectivity index (χ3n) is 2.39. The van der Waals surface area contributed by atoms with Crippen molar-refractivity contribution in [2.75, 3.05) is 0 Å². The zero-order valence-electron chi connectivity index (χ0n) is 6.92. The molecule has 3 nitrogen and oxygen atoms in total. The number of rotatable bonds is 1. The average Bonchev–Trinajstić information content (AvgIpc) is 2.77. The Balaban J connectivity index is 2.52. The van der Waals surface area contributed by atoms with E-state index in [0.29, 0.717) is 5.56 Å². The molecule has 1 aromatic rings. The first-order valence-corrected chi connectivity index (χ1v) is 4.04. The number of hydrogen-bond acceptors (Lipinski definition) is 3. The lowest BCUT2D eigenvalue weighted by Crippen LogP contribution is -2.18. The van der Waals surface area contributed by atoms with Gasteiger partial charge in [-0.3, -0.25) is 0 Å². The number of phenols is 2. The molecule has 0 aliphatic heterocycles. The van der Waals surface area contributed by atoms with Crippen LogP contribution in [0.1, 0.15) is 18.4 Å². The van der Waals surface area contributed by atoms with Crippen LogP contribution in [0.3, 0.4) is 0 Å². The van der Waals surface area contributed by atoms with Gasteiger partial charge in [0.1, 0.15) is 5.75 Å². The van der Waals surface area contributed by atoms with Crippen LogP contribution in [0, 0.1) is 5.82 Å². The lowest BCUT2D eigenvalue weighted by atomic mass is 10.0. The van der Waals surface area contributed by atoms with Gasteiger partial charge in [0.05, 0.1) is 0 Å². The van der Waals surface area contributed by atoms with Gasteiger partial charge in [-0.1, -0.05) is 0 Å². The van der Waals surface area contributed by atoms with Gasteiger partial charge in [-0.2, -0.15) is 0 Å². The predicted octanol–water partition coefficient (Wildman–Crippen LogP) is 1.18. The van der Waals surface area contributed by atoms with Crippen molar-refractivity contribution < 1.29 is 14.6 Å². The van der Waals surface area contributed by atoms with E-state index in [-0.39, 0.29) is 5.75 Å². The highest BCUT2D eigenvalue weighted by atomic mass is 19.1. The van der Waals surface area contributed by atoms with E-state index in [1.807, 2.05) is 0 Å². The van der Waals surface area contributed by atoms with Crippen molar-refractivity contribution in [3.63, 3.8) is 0 Å². The largest absolute Gasteiger partial charge is 0.507 e. The second-order valence-corrected chi connectivity index (χ2v) is 3.48. The number of halogens is 1. The number of aromatic hydroxyl groups is 2. The van der Waals surface area contributed by atoms with Crippen molar-refractivity contribution in [2.45, 2.75) is 18.4 Å². The van der Waals surface area contributed by atoms with E-state index < -0.39 is 17.1 Å². The average molecular weight is 183 g/mol.